The van der Waals surface area contributed by atoms with Gasteiger partial charge in [-0.05, 0) is 44.7 Å². The van der Waals surface area contributed by atoms with Crippen molar-refractivity contribution in [3.05, 3.63) is 36.0 Å². The van der Waals surface area contributed by atoms with Gasteiger partial charge in [0.25, 0.3) is 0 Å². The van der Waals surface area contributed by atoms with Gasteiger partial charge in [-0.25, -0.2) is 0 Å². The van der Waals surface area contributed by atoms with Gasteiger partial charge < -0.3 is 9.88 Å². The van der Waals surface area contributed by atoms with E-state index in [4.69, 9.17) is 0 Å². The molecule has 0 saturated carbocycles. The minimum atomic E-state index is 0.151. The maximum atomic E-state index is 3.61. The third-order valence-electron chi connectivity index (χ3n) is 3.97. The van der Waals surface area contributed by atoms with Crippen LogP contribution in [0.3, 0.4) is 0 Å². The molecule has 0 aliphatic rings. The molecular weight excluding hydrogens is 256 g/mol. The number of para-hydroxylation sites is 1. The smallest absolute Gasteiger partial charge is 0.0483 e. The Labute approximate surface area is 129 Å². The van der Waals surface area contributed by atoms with Gasteiger partial charge >= 0.3 is 0 Å². The zero-order valence-electron chi connectivity index (χ0n) is 14.2. The number of nitrogens with zero attached hydrogens (tertiary/aromatic N) is 1. The molecule has 0 amide bonds. The molecule has 2 rings (SSSR count). The summed E-state index contributed by atoms with van der Waals surface area (Å²) in [6, 6.07) is 8.78. The quantitative estimate of drug-likeness (QED) is 0.793. The van der Waals surface area contributed by atoms with E-state index in [1.54, 1.807) is 0 Å². The Bertz CT molecular complexity index is 575. The number of benzene rings is 1. The number of aromatic nitrogens is 1. The molecule has 2 nitrogen and oxygen atoms in total. The second kappa shape index (κ2) is 6.65. The monoisotopic (exact) mass is 286 g/mol. The van der Waals surface area contributed by atoms with Crippen LogP contribution in [0, 0.1) is 5.92 Å². The summed E-state index contributed by atoms with van der Waals surface area (Å²) in [6.07, 6.45) is 4.90. The Morgan fingerprint density at radius 2 is 1.90 bits per heavy atom. The molecule has 1 unspecified atom stereocenters. The van der Waals surface area contributed by atoms with Gasteiger partial charge in [-0.15, -0.1) is 0 Å². The molecule has 1 atom stereocenters. The topological polar surface area (TPSA) is 17.0 Å². The third-order valence-corrected chi connectivity index (χ3v) is 3.97. The fourth-order valence-electron chi connectivity index (χ4n) is 2.90. The lowest BCUT2D eigenvalue weighted by molar-refractivity contribution is 0.423. The van der Waals surface area contributed by atoms with Crippen LogP contribution in [-0.2, 0) is 13.1 Å². The van der Waals surface area contributed by atoms with Crippen LogP contribution in [0.2, 0.25) is 0 Å². The van der Waals surface area contributed by atoms with Gasteiger partial charge in [-0.3, -0.25) is 0 Å². The molecule has 1 aromatic heterocycles. The second-order valence-electron chi connectivity index (χ2n) is 7.32. The summed E-state index contributed by atoms with van der Waals surface area (Å²) in [7, 11) is 0. The molecule has 0 aliphatic heterocycles. The highest BCUT2D eigenvalue weighted by Gasteiger charge is 2.13. The maximum Gasteiger partial charge on any atom is 0.0483 e. The third kappa shape index (κ3) is 4.34. The molecule has 0 radical (unpaired) electrons. The predicted octanol–water partition coefficient (Wildman–Crippen LogP) is 4.97. The molecule has 21 heavy (non-hydrogen) atoms. The summed E-state index contributed by atoms with van der Waals surface area (Å²) in [4.78, 5) is 0. The largest absolute Gasteiger partial charge is 0.347 e. The number of nitrogens with one attached hydrogen (secondary N) is 1. The van der Waals surface area contributed by atoms with Crippen LogP contribution in [0.5, 0.6) is 0 Å². The Morgan fingerprint density at radius 3 is 2.57 bits per heavy atom. The summed E-state index contributed by atoms with van der Waals surface area (Å²) in [5.41, 5.74) is 2.92. The molecule has 2 aromatic rings. The highest BCUT2D eigenvalue weighted by molar-refractivity contribution is 5.83. The van der Waals surface area contributed by atoms with E-state index in [9.17, 15) is 0 Å². The fraction of sp³-hybridized carbons (Fsp3) is 0.579. The molecule has 0 bridgehead atoms. The molecule has 2 heteroatoms. The zero-order chi connectivity index (χ0) is 15.5. The first-order chi connectivity index (χ1) is 9.90. The van der Waals surface area contributed by atoms with Gasteiger partial charge in [0, 0.05) is 35.7 Å². The van der Waals surface area contributed by atoms with E-state index in [1.165, 1.54) is 29.3 Å². The first-order valence-electron chi connectivity index (χ1n) is 8.22. The van der Waals surface area contributed by atoms with Crippen LogP contribution >= 0.6 is 0 Å². The predicted molar refractivity (Wildman–Crippen MR) is 92.6 cm³/mol. The van der Waals surface area contributed by atoms with Gasteiger partial charge in [-0.1, -0.05) is 38.5 Å². The average Bonchev–Trinajstić information content (AvgIpc) is 2.75. The summed E-state index contributed by atoms with van der Waals surface area (Å²) in [6.45, 7) is 13.3. The molecule has 1 aromatic carbocycles. The van der Waals surface area contributed by atoms with E-state index in [0.717, 1.165) is 19.0 Å². The van der Waals surface area contributed by atoms with Gasteiger partial charge in [0.05, 0.1) is 0 Å². The summed E-state index contributed by atoms with van der Waals surface area (Å²) >= 11 is 0. The van der Waals surface area contributed by atoms with E-state index >= 15 is 0 Å². The standard InChI is InChI=1S/C19H30N2/c1-6-9-15(2)13-21-14-16(12-20-19(3,4)5)17-10-7-8-11-18(17)21/h7-8,10-11,14-15,20H,6,9,12-13H2,1-5H3. The van der Waals surface area contributed by atoms with Crippen molar-refractivity contribution in [3.63, 3.8) is 0 Å². The van der Waals surface area contributed by atoms with E-state index in [0.29, 0.717) is 0 Å². The molecule has 1 heterocycles. The summed E-state index contributed by atoms with van der Waals surface area (Å²) in [5, 5.41) is 5.00. The van der Waals surface area contributed by atoms with Crippen LogP contribution in [0.1, 0.15) is 53.0 Å². The molecule has 116 valence electrons. The minimum absolute atomic E-state index is 0.151. The maximum absolute atomic E-state index is 3.61. The van der Waals surface area contributed by atoms with Gasteiger partial charge in [0.1, 0.15) is 0 Å². The fourth-order valence-corrected chi connectivity index (χ4v) is 2.90. The average molecular weight is 286 g/mol. The van der Waals surface area contributed by atoms with E-state index < -0.39 is 0 Å². The Kier molecular flexibility index (Phi) is 5.10. The van der Waals surface area contributed by atoms with Crippen LogP contribution in [0.4, 0.5) is 0 Å². The van der Waals surface area contributed by atoms with Crippen molar-refractivity contribution in [1.82, 2.24) is 9.88 Å². The van der Waals surface area contributed by atoms with Crippen molar-refractivity contribution in [1.29, 1.82) is 0 Å². The van der Waals surface area contributed by atoms with Crippen LogP contribution < -0.4 is 5.32 Å². The number of fused-ring (bicyclic) bond motifs is 1. The second-order valence-corrected chi connectivity index (χ2v) is 7.32. The van der Waals surface area contributed by atoms with Crippen LogP contribution in [0.15, 0.2) is 30.5 Å². The lowest BCUT2D eigenvalue weighted by Crippen LogP contribution is -2.35. The normalized spacial score (nSPS) is 13.8. The van der Waals surface area contributed by atoms with Gasteiger partial charge in [0.15, 0.2) is 0 Å². The van der Waals surface area contributed by atoms with Crippen LogP contribution in [0.25, 0.3) is 10.9 Å². The van der Waals surface area contributed by atoms with E-state index in [-0.39, 0.29) is 5.54 Å². The van der Waals surface area contributed by atoms with Gasteiger partial charge in [0.2, 0.25) is 0 Å². The molecular formula is C19H30N2. The SMILES string of the molecule is CCCC(C)Cn1cc(CNC(C)(C)C)c2ccccc21. The Hall–Kier alpha value is -1.28. The first-order valence-corrected chi connectivity index (χ1v) is 8.22. The van der Waals surface area contributed by atoms with E-state index in [2.05, 4.69) is 75.0 Å². The van der Waals surface area contributed by atoms with Crippen LogP contribution in [-0.4, -0.2) is 10.1 Å². The lowest BCUT2D eigenvalue weighted by Gasteiger charge is -2.20. The molecule has 0 spiro atoms. The Morgan fingerprint density at radius 1 is 1.19 bits per heavy atom. The zero-order valence-corrected chi connectivity index (χ0v) is 14.2. The van der Waals surface area contributed by atoms with Gasteiger partial charge in [-0.2, -0.15) is 0 Å². The van der Waals surface area contributed by atoms with E-state index in [1.807, 2.05) is 0 Å². The van der Waals surface area contributed by atoms with Crippen molar-refractivity contribution >= 4 is 10.9 Å². The first kappa shape index (κ1) is 16.1. The Balaban J connectivity index is 2.26. The van der Waals surface area contributed by atoms with Crippen molar-refractivity contribution in [2.45, 2.75) is 66.1 Å². The molecule has 0 aliphatic carbocycles. The van der Waals surface area contributed by atoms with Crippen molar-refractivity contribution in [2.24, 2.45) is 5.92 Å². The van der Waals surface area contributed by atoms with Crippen molar-refractivity contribution in [2.75, 3.05) is 0 Å². The minimum Gasteiger partial charge on any atom is -0.347 e. The summed E-state index contributed by atoms with van der Waals surface area (Å²) < 4.78 is 2.44. The molecule has 0 saturated heterocycles. The lowest BCUT2D eigenvalue weighted by atomic mass is 10.1. The number of rotatable bonds is 6. The molecule has 1 N–H and O–H groups in total. The molecule has 0 fully saturated rings. The highest BCUT2D eigenvalue weighted by Crippen LogP contribution is 2.23. The number of hydrogen-bond acceptors (Lipinski definition) is 1. The van der Waals surface area contributed by atoms with Crippen molar-refractivity contribution < 1.29 is 0 Å². The highest BCUT2D eigenvalue weighted by atomic mass is 15.0. The summed E-state index contributed by atoms with van der Waals surface area (Å²) in [5.74, 6) is 0.731. The number of hydrogen-bond donors (Lipinski definition) is 1. The van der Waals surface area contributed by atoms with Crippen molar-refractivity contribution in [3.8, 4) is 0 Å².